The average Bonchev–Trinajstić information content (AvgIpc) is 3.38. The van der Waals surface area contributed by atoms with Crippen LogP contribution in [-0.2, 0) is 10.2 Å². The van der Waals surface area contributed by atoms with Crippen molar-refractivity contribution in [3.05, 3.63) is 35.4 Å². The fourth-order valence-electron chi connectivity index (χ4n) is 6.23. The highest BCUT2D eigenvalue weighted by Crippen LogP contribution is 2.50. The number of morpholine rings is 1. The van der Waals surface area contributed by atoms with E-state index in [1.807, 2.05) is 4.90 Å². The molecule has 0 unspecified atom stereocenters. The standard InChI is InChI=1S/C24H35N3O2/c28-23(27-13-15-29-16-14-27)25-22-17-24(21-8-4-3-7-20(21)22)9-11-26(12-10-24)18-19-5-1-2-6-19/h3-4,7-8,19,22H,1-2,5-6,9-18H2,(H,25,28)/t22-/m0/s1. The van der Waals surface area contributed by atoms with Gasteiger partial charge in [0.25, 0.3) is 0 Å². The molecule has 5 nitrogen and oxygen atoms in total. The number of amides is 2. The first kappa shape index (κ1) is 19.4. The number of rotatable bonds is 3. The number of carbonyl (C=O) groups is 1. The number of benzene rings is 1. The lowest BCUT2D eigenvalue weighted by Gasteiger charge is -2.41. The van der Waals surface area contributed by atoms with Crippen LogP contribution in [-0.4, -0.2) is 61.8 Å². The van der Waals surface area contributed by atoms with E-state index in [-0.39, 0.29) is 17.5 Å². The first-order valence-corrected chi connectivity index (χ1v) is 11.7. The Morgan fingerprint density at radius 1 is 1.07 bits per heavy atom. The van der Waals surface area contributed by atoms with Crippen molar-refractivity contribution in [3.63, 3.8) is 0 Å². The van der Waals surface area contributed by atoms with Crippen LogP contribution in [0.5, 0.6) is 0 Å². The molecule has 2 heterocycles. The van der Waals surface area contributed by atoms with Gasteiger partial charge in [-0.05, 0) is 62.2 Å². The number of piperidine rings is 1. The van der Waals surface area contributed by atoms with Crippen LogP contribution in [0.15, 0.2) is 24.3 Å². The number of hydrogen-bond acceptors (Lipinski definition) is 3. The van der Waals surface area contributed by atoms with Gasteiger partial charge in [0.05, 0.1) is 19.3 Å². The second kappa shape index (κ2) is 8.27. The lowest BCUT2D eigenvalue weighted by Crippen LogP contribution is -2.47. The molecule has 0 aromatic heterocycles. The zero-order chi connectivity index (χ0) is 19.7. The first-order valence-electron chi connectivity index (χ1n) is 11.7. The van der Waals surface area contributed by atoms with E-state index >= 15 is 0 Å². The van der Waals surface area contributed by atoms with Crippen molar-refractivity contribution in [1.82, 2.24) is 15.1 Å². The van der Waals surface area contributed by atoms with Crippen LogP contribution in [0, 0.1) is 5.92 Å². The highest BCUT2D eigenvalue weighted by Gasteiger charge is 2.46. The largest absolute Gasteiger partial charge is 0.378 e. The van der Waals surface area contributed by atoms with Gasteiger partial charge in [-0.3, -0.25) is 0 Å². The number of hydrogen-bond donors (Lipinski definition) is 1. The number of fused-ring (bicyclic) bond motifs is 2. The summed E-state index contributed by atoms with van der Waals surface area (Å²) in [6.07, 6.45) is 9.22. The Labute approximate surface area is 174 Å². The Balaban J connectivity index is 1.26. The molecule has 0 bridgehead atoms. The molecule has 1 N–H and O–H groups in total. The van der Waals surface area contributed by atoms with Gasteiger partial charge in [-0.25, -0.2) is 4.79 Å². The third-order valence-corrected chi connectivity index (χ3v) is 7.90. The molecule has 5 rings (SSSR count). The molecule has 158 valence electrons. The molecule has 1 aromatic rings. The number of urea groups is 1. The Morgan fingerprint density at radius 2 is 1.79 bits per heavy atom. The van der Waals surface area contributed by atoms with Gasteiger partial charge >= 0.3 is 6.03 Å². The van der Waals surface area contributed by atoms with Crippen LogP contribution in [0.2, 0.25) is 0 Å². The molecular weight excluding hydrogens is 362 g/mol. The fraction of sp³-hybridized carbons (Fsp3) is 0.708. The SMILES string of the molecule is O=C(N[C@H]1CC2(CCN(CC3CCCC3)CC2)c2ccccc21)N1CCOCC1. The summed E-state index contributed by atoms with van der Waals surface area (Å²) < 4.78 is 5.40. The molecule has 3 fully saturated rings. The number of carbonyl (C=O) groups excluding carboxylic acids is 1. The minimum atomic E-state index is 0.0730. The lowest BCUT2D eigenvalue weighted by molar-refractivity contribution is 0.0521. The normalized spacial score (nSPS) is 27.3. The average molecular weight is 398 g/mol. The van der Waals surface area contributed by atoms with Crippen molar-refractivity contribution in [2.45, 2.75) is 56.4 Å². The van der Waals surface area contributed by atoms with E-state index < -0.39 is 0 Å². The highest BCUT2D eigenvalue weighted by atomic mass is 16.5. The third kappa shape index (κ3) is 3.91. The molecule has 2 aliphatic heterocycles. The van der Waals surface area contributed by atoms with Crippen molar-refractivity contribution in [3.8, 4) is 0 Å². The highest BCUT2D eigenvalue weighted by molar-refractivity contribution is 5.75. The Bertz CT molecular complexity index is 717. The number of ether oxygens (including phenoxy) is 1. The van der Waals surface area contributed by atoms with E-state index in [2.05, 4.69) is 34.5 Å². The minimum Gasteiger partial charge on any atom is -0.378 e. The first-order chi connectivity index (χ1) is 14.2. The summed E-state index contributed by atoms with van der Waals surface area (Å²) >= 11 is 0. The van der Waals surface area contributed by atoms with E-state index in [0.717, 1.165) is 12.3 Å². The lowest BCUT2D eigenvalue weighted by atomic mass is 9.73. The van der Waals surface area contributed by atoms with Gasteiger partial charge in [0, 0.05) is 25.0 Å². The molecule has 0 radical (unpaired) electrons. The fourth-order valence-corrected chi connectivity index (χ4v) is 6.23. The molecule has 1 atom stereocenters. The van der Waals surface area contributed by atoms with Crippen molar-refractivity contribution in [2.75, 3.05) is 45.9 Å². The van der Waals surface area contributed by atoms with Crippen molar-refractivity contribution in [1.29, 1.82) is 0 Å². The predicted octanol–water partition coefficient (Wildman–Crippen LogP) is 3.70. The van der Waals surface area contributed by atoms with Gasteiger partial charge in [0.1, 0.15) is 0 Å². The number of nitrogens with one attached hydrogen (secondary N) is 1. The third-order valence-electron chi connectivity index (χ3n) is 7.90. The van der Waals surface area contributed by atoms with Crippen molar-refractivity contribution >= 4 is 6.03 Å². The zero-order valence-electron chi connectivity index (χ0n) is 17.6. The second-order valence-corrected chi connectivity index (χ2v) is 9.62. The van der Waals surface area contributed by atoms with Gasteiger partial charge in [0.15, 0.2) is 0 Å². The molecular formula is C24H35N3O2. The Morgan fingerprint density at radius 3 is 2.55 bits per heavy atom. The monoisotopic (exact) mass is 397 g/mol. The van der Waals surface area contributed by atoms with Gasteiger partial charge < -0.3 is 19.9 Å². The summed E-state index contributed by atoms with van der Waals surface area (Å²) in [5.74, 6) is 0.931. The molecule has 29 heavy (non-hydrogen) atoms. The maximum Gasteiger partial charge on any atom is 0.318 e. The van der Waals surface area contributed by atoms with Crippen LogP contribution >= 0.6 is 0 Å². The topological polar surface area (TPSA) is 44.8 Å². The maximum atomic E-state index is 12.8. The number of likely N-dealkylation sites (tertiary alicyclic amines) is 1. The number of nitrogens with zero attached hydrogens (tertiary/aromatic N) is 2. The molecule has 1 spiro atoms. The molecule has 5 heteroatoms. The van der Waals surface area contributed by atoms with E-state index in [1.54, 1.807) is 0 Å². The molecule has 2 amide bonds. The van der Waals surface area contributed by atoms with Crippen LogP contribution in [0.3, 0.4) is 0 Å². The molecule has 4 aliphatic rings. The predicted molar refractivity (Wildman–Crippen MR) is 114 cm³/mol. The molecule has 1 aromatic carbocycles. The van der Waals surface area contributed by atoms with Gasteiger partial charge in [-0.2, -0.15) is 0 Å². The Kier molecular flexibility index (Phi) is 5.53. The summed E-state index contributed by atoms with van der Waals surface area (Å²) in [7, 11) is 0. The van der Waals surface area contributed by atoms with E-state index in [9.17, 15) is 4.79 Å². The van der Waals surface area contributed by atoms with E-state index in [0.29, 0.717) is 26.3 Å². The van der Waals surface area contributed by atoms with Crippen LogP contribution in [0.1, 0.15) is 62.1 Å². The zero-order valence-corrected chi connectivity index (χ0v) is 17.6. The Hall–Kier alpha value is -1.59. The quantitative estimate of drug-likeness (QED) is 0.846. The summed E-state index contributed by atoms with van der Waals surface area (Å²) in [6, 6.07) is 9.08. The van der Waals surface area contributed by atoms with Gasteiger partial charge in [-0.15, -0.1) is 0 Å². The molecule has 2 aliphatic carbocycles. The summed E-state index contributed by atoms with van der Waals surface area (Å²) in [6.45, 7) is 6.40. The van der Waals surface area contributed by atoms with Gasteiger partial charge in [-0.1, -0.05) is 37.1 Å². The smallest absolute Gasteiger partial charge is 0.318 e. The van der Waals surface area contributed by atoms with Crippen molar-refractivity contribution < 1.29 is 9.53 Å². The van der Waals surface area contributed by atoms with Crippen LogP contribution < -0.4 is 5.32 Å². The summed E-state index contributed by atoms with van der Waals surface area (Å²) in [5, 5.41) is 3.36. The van der Waals surface area contributed by atoms with E-state index in [1.165, 1.54) is 69.3 Å². The van der Waals surface area contributed by atoms with Gasteiger partial charge in [0.2, 0.25) is 0 Å². The summed E-state index contributed by atoms with van der Waals surface area (Å²) in [4.78, 5) is 17.4. The van der Waals surface area contributed by atoms with E-state index in [4.69, 9.17) is 4.74 Å². The van der Waals surface area contributed by atoms with Crippen molar-refractivity contribution in [2.24, 2.45) is 5.92 Å². The molecule has 2 saturated heterocycles. The minimum absolute atomic E-state index is 0.0730. The maximum absolute atomic E-state index is 12.8. The molecule has 1 saturated carbocycles. The summed E-state index contributed by atoms with van der Waals surface area (Å²) in [5.41, 5.74) is 3.08. The van der Waals surface area contributed by atoms with Crippen LogP contribution in [0.4, 0.5) is 4.79 Å². The van der Waals surface area contributed by atoms with Crippen LogP contribution in [0.25, 0.3) is 0 Å². The second-order valence-electron chi connectivity index (χ2n) is 9.62.